The molecular formula is C9H16F3N3O. The smallest absolute Gasteiger partial charge is 0.329 e. The largest absolute Gasteiger partial charge is 0.405 e. The molecule has 0 bridgehead atoms. The highest BCUT2D eigenvalue weighted by atomic mass is 19.4. The molecule has 0 saturated carbocycles. The lowest BCUT2D eigenvalue weighted by atomic mass is 9.94. The van der Waals surface area contributed by atoms with Crippen molar-refractivity contribution in [2.24, 2.45) is 11.7 Å². The Balaban J connectivity index is 2.38. The molecule has 0 aromatic carbocycles. The van der Waals surface area contributed by atoms with E-state index in [1.807, 2.05) is 12.2 Å². The number of hydrogen-bond donors (Lipinski definition) is 2. The van der Waals surface area contributed by atoms with E-state index in [9.17, 15) is 18.0 Å². The molecule has 0 aromatic rings. The first kappa shape index (κ1) is 13.1. The number of amides is 2. The van der Waals surface area contributed by atoms with E-state index >= 15 is 0 Å². The minimum absolute atomic E-state index is 0.162. The van der Waals surface area contributed by atoms with Gasteiger partial charge in [0.1, 0.15) is 6.54 Å². The number of halogens is 3. The molecule has 2 unspecified atom stereocenters. The minimum atomic E-state index is -4.37. The molecule has 4 nitrogen and oxygen atoms in total. The topological polar surface area (TPSA) is 58.4 Å². The maximum absolute atomic E-state index is 11.9. The Bertz CT molecular complexity index is 257. The predicted octanol–water partition coefficient (Wildman–Crippen LogP) is 0.927. The van der Waals surface area contributed by atoms with Gasteiger partial charge in [0.2, 0.25) is 0 Å². The lowest BCUT2D eigenvalue weighted by Crippen LogP contribution is -2.53. The van der Waals surface area contributed by atoms with Crippen LogP contribution in [0, 0.1) is 5.92 Å². The lowest BCUT2D eigenvalue weighted by Gasteiger charge is -2.35. The second-order valence-corrected chi connectivity index (χ2v) is 4.15. The molecule has 0 spiro atoms. The van der Waals surface area contributed by atoms with E-state index in [-0.39, 0.29) is 6.04 Å². The number of nitrogens with two attached hydrogens (primary N) is 1. The standard InChI is InChI=1S/C9H16F3N3O/c1-6-2-3-15(4-7(6)13)8(16)14-5-9(10,11)12/h6-7H,2-5,13H2,1H3,(H,14,16). The van der Waals surface area contributed by atoms with Gasteiger partial charge in [-0.2, -0.15) is 13.2 Å². The van der Waals surface area contributed by atoms with E-state index in [0.29, 0.717) is 19.0 Å². The van der Waals surface area contributed by atoms with Gasteiger partial charge >= 0.3 is 12.2 Å². The molecule has 1 aliphatic heterocycles. The Hall–Kier alpha value is -0.980. The van der Waals surface area contributed by atoms with Gasteiger partial charge in [-0.05, 0) is 12.3 Å². The third-order valence-corrected chi connectivity index (χ3v) is 2.74. The molecule has 1 fully saturated rings. The van der Waals surface area contributed by atoms with E-state index in [1.54, 1.807) is 0 Å². The van der Waals surface area contributed by atoms with Crippen LogP contribution in [-0.2, 0) is 0 Å². The van der Waals surface area contributed by atoms with E-state index in [4.69, 9.17) is 5.73 Å². The van der Waals surface area contributed by atoms with Gasteiger partial charge in [-0.1, -0.05) is 6.92 Å². The third kappa shape index (κ3) is 3.88. The van der Waals surface area contributed by atoms with Crippen molar-refractivity contribution >= 4 is 6.03 Å². The number of nitrogens with zero attached hydrogens (tertiary/aromatic N) is 1. The molecule has 0 aliphatic carbocycles. The van der Waals surface area contributed by atoms with Crippen LogP contribution in [0.3, 0.4) is 0 Å². The quantitative estimate of drug-likeness (QED) is 0.715. The second-order valence-electron chi connectivity index (χ2n) is 4.15. The molecule has 1 heterocycles. The number of rotatable bonds is 1. The summed E-state index contributed by atoms with van der Waals surface area (Å²) in [5, 5.41) is 1.83. The molecule has 94 valence electrons. The summed E-state index contributed by atoms with van der Waals surface area (Å²) in [6.07, 6.45) is -3.65. The van der Waals surface area contributed by atoms with Crippen LogP contribution < -0.4 is 11.1 Å². The summed E-state index contributed by atoms with van der Waals surface area (Å²) in [4.78, 5) is 12.7. The number of likely N-dealkylation sites (tertiary alicyclic amines) is 1. The van der Waals surface area contributed by atoms with E-state index in [2.05, 4.69) is 0 Å². The number of hydrogen-bond acceptors (Lipinski definition) is 2. The molecule has 16 heavy (non-hydrogen) atoms. The van der Waals surface area contributed by atoms with Crippen LogP contribution >= 0.6 is 0 Å². The summed E-state index contributed by atoms with van der Waals surface area (Å²) in [5.74, 6) is 0.298. The molecule has 0 radical (unpaired) electrons. The van der Waals surface area contributed by atoms with Crippen LogP contribution in [0.2, 0.25) is 0 Å². The summed E-state index contributed by atoms with van der Waals surface area (Å²) < 4.78 is 35.6. The van der Waals surface area contributed by atoms with Crippen molar-refractivity contribution < 1.29 is 18.0 Å². The highest BCUT2D eigenvalue weighted by molar-refractivity contribution is 5.74. The lowest BCUT2D eigenvalue weighted by molar-refractivity contribution is -0.123. The van der Waals surface area contributed by atoms with Crippen LogP contribution in [0.5, 0.6) is 0 Å². The fourth-order valence-electron chi connectivity index (χ4n) is 1.57. The van der Waals surface area contributed by atoms with Crippen molar-refractivity contribution in [2.45, 2.75) is 25.6 Å². The third-order valence-electron chi connectivity index (χ3n) is 2.74. The highest BCUT2D eigenvalue weighted by Crippen LogP contribution is 2.16. The van der Waals surface area contributed by atoms with E-state index in [0.717, 1.165) is 6.42 Å². The Morgan fingerprint density at radius 1 is 1.56 bits per heavy atom. The Morgan fingerprint density at radius 3 is 2.69 bits per heavy atom. The summed E-state index contributed by atoms with van der Waals surface area (Å²) in [5.41, 5.74) is 5.74. The molecule has 1 saturated heterocycles. The summed E-state index contributed by atoms with van der Waals surface area (Å²) in [7, 11) is 0. The van der Waals surface area contributed by atoms with Crippen molar-refractivity contribution in [3.8, 4) is 0 Å². The second kappa shape index (κ2) is 4.90. The number of alkyl halides is 3. The van der Waals surface area contributed by atoms with Crippen LogP contribution in [0.15, 0.2) is 0 Å². The minimum Gasteiger partial charge on any atom is -0.329 e. The van der Waals surface area contributed by atoms with Gasteiger partial charge in [0.15, 0.2) is 0 Å². The van der Waals surface area contributed by atoms with Crippen molar-refractivity contribution in [1.29, 1.82) is 0 Å². The SMILES string of the molecule is CC1CCN(C(=O)NCC(F)(F)F)CC1N. The normalized spacial score (nSPS) is 26.7. The van der Waals surface area contributed by atoms with Crippen molar-refractivity contribution in [3.63, 3.8) is 0 Å². The molecule has 7 heteroatoms. The van der Waals surface area contributed by atoms with Crippen molar-refractivity contribution in [1.82, 2.24) is 10.2 Å². The monoisotopic (exact) mass is 239 g/mol. The number of carbonyl (C=O) groups is 1. The van der Waals surface area contributed by atoms with Gasteiger partial charge in [-0.15, -0.1) is 0 Å². The number of urea groups is 1. The van der Waals surface area contributed by atoms with Crippen molar-refractivity contribution in [3.05, 3.63) is 0 Å². The van der Waals surface area contributed by atoms with Crippen LogP contribution in [0.1, 0.15) is 13.3 Å². The van der Waals surface area contributed by atoms with E-state index in [1.165, 1.54) is 4.90 Å². The molecule has 0 aromatic heterocycles. The molecular weight excluding hydrogens is 223 g/mol. The molecule has 1 aliphatic rings. The summed E-state index contributed by atoms with van der Waals surface area (Å²) in [6.45, 7) is 1.44. The molecule has 2 atom stereocenters. The number of nitrogens with one attached hydrogen (secondary N) is 1. The highest BCUT2D eigenvalue weighted by Gasteiger charge is 2.31. The summed E-state index contributed by atoms with van der Waals surface area (Å²) in [6, 6.07) is -0.856. The zero-order chi connectivity index (χ0) is 12.3. The van der Waals surface area contributed by atoms with Gasteiger partial charge in [0.05, 0.1) is 0 Å². The first-order valence-corrected chi connectivity index (χ1v) is 5.14. The van der Waals surface area contributed by atoms with Gasteiger partial charge in [-0.25, -0.2) is 4.79 Å². The van der Waals surface area contributed by atoms with Crippen molar-refractivity contribution in [2.75, 3.05) is 19.6 Å². The molecule has 2 amide bonds. The van der Waals surface area contributed by atoms with Crippen LogP contribution in [-0.4, -0.2) is 42.8 Å². The fourth-order valence-corrected chi connectivity index (χ4v) is 1.57. The predicted molar refractivity (Wildman–Crippen MR) is 52.8 cm³/mol. The van der Waals surface area contributed by atoms with Crippen LogP contribution in [0.25, 0.3) is 0 Å². The average molecular weight is 239 g/mol. The van der Waals surface area contributed by atoms with Gasteiger partial charge in [-0.3, -0.25) is 0 Å². The van der Waals surface area contributed by atoms with Gasteiger partial charge in [0.25, 0.3) is 0 Å². The maximum Gasteiger partial charge on any atom is 0.405 e. The maximum atomic E-state index is 11.9. The fraction of sp³-hybridized carbons (Fsp3) is 0.889. The van der Waals surface area contributed by atoms with Crippen LogP contribution in [0.4, 0.5) is 18.0 Å². The Labute approximate surface area is 92.0 Å². The molecule has 3 N–H and O–H groups in total. The van der Waals surface area contributed by atoms with Gasteiger partial charge in [0, 0.05) is 19.1 Å². The average Bonchev–Trinajstić information content (AvgIpc) is 2.17. The number of piperidine rings is 1. The molecule has 1 rings (SSSR count). The zero-order valence-electron chi connectivity index (χ0n) is 9.05. The van der Waals surface area contributed by atoms with Gasteiger partial charge < -0.3 is 16.0 Å². The summed E-state index contributed by atoms with van der Waals surface area (Å²) >= 11 is 0. The zero-order valence-corrected chi connectivity index (χ0v) is 9.05. The van der Waals surface area contributed by atoms with E-state index < -0.39 is 18.8 Å². The number of carbonyl (C=O) groups excluding carboxylic acids is 1. The first-order valence-electron chi connectivity index (χ1n) is 5.14. The Kier molecular flexibility index (Phi) is 4.01. The Morgan fingerprint density at radius 2 is 2.19 bits per heavy atom. The first-order chi connectivity index (χ1) is 7.29.